The number of nitrogens with zero attached hydrogens (tertiary/aromatic N) is 5. The van der Waals surface area contributed by atoms with Crippen LogP contribution in [-0.2, 0) is 6.18 Å². The van der Waals surface area contributed by atoms with E-state index in [0.29, 0.717) is 22.8 Å². The number of carbonyl (C=O) groups is 1. The molecule has 10 heteroatoms. The quantitative estimate of drug-likeness (QED) is 0.710. The smallest absolute Gasteiger partial charge is 0.348 e. The maximum atomic E-state index is 13.2. The Morgan fingerprint density at radius 2 is 2.10 bits per heavy atom. The van der Waals surface area contributed by atoms with Gasteiger partial charge in [-0.25, -0.2) is 4.98 Å². The Kier molecular flexibility index (Phi) is 4.19. The monoisotopic (exact) mass is 400 g/mol. The van der Waals surface area contributed by atoms with Crippen molar-refractivity contribution in [2.45, 2.75) is 26.1 Å². The largest absolute Gasteiger partial charge is 0.417 e. The Morgan fingerprint density at radius 3 is 2.72 bits per heavy atom. The van der Waals surface area contributed by atoms with Gasteiger partial charge in [0, 0.05) is 18.4 Å². The second kappa shape index (κ2) is 6.48. The molecular formula is C19H15F3N6O. The number of imidazole rings is 1. The molecule has 0 aliphatic carbocycles. The summed E-state index contributed by atoms with van der Waals surface area (Å²) in [4.78, 5) is 21.9. The highest BCUT2D eigenvalue weighted by molar-refractivity contribution is 6.09. The van der Waals surface area contributed by atoms with Crippen molar-refractivity contribution in [3.05, 3.63) is 53.2 Å². The average molecular weight is 400 g/mol. The minimum Gasteiger partial charge on any atom is -0.348 e. The van der Waals surface area contributed by atoms with E-state index in [4.69, 9.17) is 5.26 Å². The van der Waals surface area contributed by atoms with Gasteiger partial charge in [-0.05, 0) is 32.0 Å². The Labute approximate surface area is 163 Å². The van der Waals surface area contributed by atoms with Crippen LogP contribution in [0.2, 0.25) is 0 Å². The number of H-pyrrole nitrogens is 1. The molecule has 148 valence electrons. The molecule has 1 amide bonds. The van der Waals surface area contributed by atoms with Crippen LogP contribution in [0.25, 0.3) is 11.3 Å². The van der Waals surface area contributed by atoms with E-state index in [1.165, 1.54) is 11.0 Å². The third-order valence-corrected chi connectivity index (χ3v) is 4.83. The van der Waals surface area contributed by atoms with Crippen LogP contribution in [0.4, 0.5) is 18.9 Å². The maximum absolute atomic E-state index is 13.2. The lowest BCUT2D eigenvalue weighted by atomic mass is 10.0. The topological polar surface area (TPSA) is 90.6 Å². The molecule has 0 saturated carbocycles. The molecular weight excluding hydrogens is 385 g/mol. The molecule has 4 rings (SSSR count). The second-order valence-electron chi connectivity index (χ2n) is 6.83. The first-order valence-corrected chi connectivity index (χ1v) is 8.73. The molecule has 1 atom stereocenters. The van der Waals surface area contributed by atoms with Gasteiger partial charge in [-0.2, -0.15) is 23.5 Å². The van der Waals surface area contributed by atoms with Gasteiger partial charge in [0.2, 0.25) is 0 Å². The van der Waals surface area contributed by atoms with Gasteiger partial charge in [0.05, 0.1) is 40.7 Å². The second-order valence-corrected chi connectivity index (χ2v) is 6.83. The highest BCUT2D eigenvalue weighted by Crippen LogP contribution is 2.36. The summed E-state index contributed by atoms with van der Waals surface area (Å²) in [5.74, 6) is 0.259. The number of alkyl halides is 3. The predicted molar refractivity (Wildman–Crippen MR) is 97.1 cm³/mol. The average Bonchev–Trinajstić information content (AvgIpc) is 3.30. The standard InChI is InChI=1S/C19H15F3N6O/c1-10-9-27(13-3-4-15(19(20,21)22)12(5-13)6-23)18(29)17-14(7-25-28(10)17)16-8-24-11(2)26-16/h3-5,7-8,10H,9H2,1-2H3,(H,24,26). The summed E-state index contributed by atoms with van der Waals surface area (Å²) in [6, 6.07) is 4.49. The number of fused-ring (bicyclic) bond motifs is 1. The number of halogens is 3. The number of rotatable bonds is 2. The molecule has 1 aliphatic rings. The summed E-state index contributed by atoms with van der Waals surface area (Å²) < 4.78 is 40.9. The maximum Gasteiger partial charge on any atom is 0.417 e. The van der Waals surface area contributed by atoms with Crippen LogP contribution >= 0.6 is 0 Å². The van der Waals surface area contributed by atoms with Gasteiger partial charge < -0.3 is 9.88 Å². The van der Waals surface area contributed by atoms with E-state index in [0.717, 1.165) is 12.1 Å². The van der Waals surface area contributed by atoms with E-state index < -0.39 is 23.2 Å². The molecule has 3 heterocycles. The summed E-state index contributed by atoms with van der Waals surface area (Å²) in [6.45, 7) is 3.84. The Balaban J connectivity index is 1.79. The van der Waals surface area contributed by atoms with Crippen molar-refractivity contribution in [1.29, 1.82) is 5.26 Å². The number of nitriles is 1. The molecule has 0 saturated heterocycles. The lowest BCUT2D eigenvalue weighted by molar-refractivity contribution is -0.137. The van der Waals surface area contributed by atoms with Gasteiger partial charge in [-0.3, -0.25) is 9.48 Å². The molecule has 3 aromatic rings. The molecule has 1 aromatic carbocycles. The first kappa shape index (κ1) is 18.7. The highest BCUT2D eigenvalue weighted by atomic mass is 19.4. The van der Waals surface area contributed by atoms with Crippen molar-refractivity contribution in [1.82, 2.24) is 19.7 Å². The summed E-state index contributed by atoms with van der Waals surface area (Å²) in [7, 11) is 0. The number of hydrogen-bond donors (Lipinski definition) is 1. The molecule has 29 heavy (non-hydrogen) atoms. The molecule has 0 fully saturated rings. The third kappa shape index (κ3) is 3.04. The fourth-order valence-corrected chi connectivity index (χ4v) is 3.47. The van der Waals surface area contributed by atoms with Crippen molar-refractivity contribution in [2.75, 3.05) is 11.4 Å². The number of aromatic amines is 1. The number of hydrogen-bond acceptors (Lipinski definition) is 4. The van der Waals surface area contributed by atoms with Crippen LogP contribution < -0.4 is 4.90 Å². The summed E-state index contributed by atoms with van der Waals surface area (Å²) in [6.07, 6.45) is -1.43. The number of carbonyl (C=O) groups excluding carboxylic acids is 1. The van der Waals surface area contributed by atoms with Crippen molar-refractivity contribution < 1.29 is 18.0 Å². The van der Waals surface area contributed by atoms with E-state index in [1.54, 1.807) is 30.1 Å². The fourth-order valence-electron chi connectivity index (χ4n) is 3.47. The van der Waals surface area contributed by atoms with Crippen LogP contribution in [-0.4, -0.2) is 32.2 Å². The fraction of sp³-hybridized carbons (Fsp3) is 0.263. The molecule has 1 N–H and O–H groups in total. The first-order chi connectivity index (χ1) is 13.7. The van der Waals surface area contributed by atoms with Crippen LogP contribution in [0, 0.1) is 18.3 Å². The van der Waals surface area contributed by atoms with E-state index in [9.17, 15) is 18.0 Å². The van der Waals surface area contributed by atoms with Gasteiger partial charge in [-0.15, -0.1) is 0 Å². The van der Waals surface area contributed by atoms with Crippen LogP contribution in [0.3, 0.4) is 0 Å². The molecule has 7 nitrogen and oxygen atoms in total. The molecule has 1 aliphatic heterocycles. The predicted octanol–water partition coefficient (Wildman–Crippen LogP) is 3.69. The molecule has 1 unspecified atom stereocenters. The van der Waals surface area contributed by atoms with Gasteiger partial charge in [0.25, 0.3) is 5.91 Å². The molecule has 0 spiro atoms. The van der Waals surface area contributed by atoms with Crippen molar-refractivity contribution in [2.24, 2.45) is 0 Å². The van der Waals surface area contributed by atoms with E-state index in [1.807, 2.05) is 6.92 Å². The lowest BCUT2D eigenvalue weighted by Gasteiger charge is -2.32. The zero-order valence-corrected chi connectivity index (χ0v) is 15.4. The molecule has 0 radical (unpaired) electrons. The normalized spacial score (nSPS) is 16.6. The Hall–Kier alpha value is -3.61. The van der Waals surface area contributed by atoms with Crippen molar-refractivity contribution in [3.63, 3.8) is 0 Å². The Morgan fingerprint density at radius 1 is 1.34 bits per heavy atom. The summed E-state index contributed by atoms with van der Waals surface area (Å²) in [5.41, 5.74) is 0.0490. The zero-order valence-electron chi connectivity index (χ0n) is 15.4. The van der Waals surface area contributed by atoms with Crippen LogP contribution in [0.5, 0.6) is 0 Å². The van der Waals surface area contributed by atoms with Crippen molar-refractivity contribution in [3.8, 4) is 17.3 Å². The van der Waals surface area contributed by atoms with Gasteiger partial charge in [-0.1, -0.05) is 0 Å². The van der Waals surface area contributed by atoms with E-state index >= 15 is 0 Å². The van der Waals surface area contributed by atoms with Crippen LogP contribution in [0.15, 0.2) is 30.6 Å². The zero-order chi connectivity index (χ0) is 20.9. The number of aromatic nitrogens is 4. The number of amides is 1. The third-order valence-electron chi connectivity index (χ3n) is 4.83. The SMILES string of the molecule is Cc1nc(-c2cnn3c2C(=O)N(c2ccc(C(F)(F)F)c(C#N)c2)CC3C)c[nH]1. The first-order valence-electron chi connectivity index (χ1n) is 8.73. The highest BCUT2D eigenvalue weighted by Gasteiger charge is 2.37. The van der Waals surface area contributed by atoms with E-state index in [2.05, 4.69) is 15.1 Å². The lowest BCUT2D eigenvalue weighted by Crippen LogP contribution is -2.43. The number of nitrogens with one attached hydrogen (secondary N) is 1. The van der Waals surface area contributed by atoms with E-state index in [-0.39, 0.29) is 18.3 Å². The van der Waals surface area contributed by atoms with Crippen LogP contribution in [0.1, 0.15) is 40.4 Å². The van der Waals surface area contributed by atoms with Gasteiger partial charge >= 0.3 is 6.18 Å². The molecule has 0 bridgehead atoms. The summed E-state index contributed by atoms with van der Waals surface area (Å²) in [5, 5.41) is 13.5. The molecule has 2 aromatic heterocycles. The van der Waals surface area contributed by atoms with Gasteiger partial charge in [0.15, 0.2) is 0 Å². The number of anilines is 1. The number of aryl methyl sites for hydroxylation is 1. The number of benzene rings is 1. The summed E-state index contributed by atoms with van der Waals surface area (Å²) >= 11 is 0. The Bertz CT molecular complexity index is 1150. The van der Waals surface area contributed by atoms with Gasteiger partial charge in [0.1, 0.15) is 11.5 Å². The minimum atomic E-state index is -4.65. The minimum absolute atomic E-state index is 0.211. The van der Waals surface area contributed by atoms with Crippen molar-refractivity contribution >= 4 is 11.6 Å².